The van der Waals surface area contributed by atoms with Crippen molar-refractivity contribution < 1.29 is 5.11 Å². The molecule has 1 aliphatic carbocycles. The molecule has 1 N–H and O–H groups in total. The predicted molar refractivity (Wildman–Crippen MR) is 74.7 cm³/mol. The van der Waals surface area contributed by atoms with E-state index in [1.54, 1.807) is 0 Å². The lowest BCUT2D eigenvalue weighted by atomic mass is 10.1. The molecule has 1 fully saturated rings. The van der Waals surface area contributed by atoms with Crippen LogP contribution in [-0.4, -0.2) is 16.3 Å². The summed E-state index contributed by atoms with van der Waals surface area (Å²) in [5, 5.41) is 10.4. The smallest absolute Gasteiger partial charge is 0.212 e. The molecule has 1 aromatic heterocycles. The summed E-state index contributed by atoms with van der Waals surface area (Å²) in [5.41, 5.74) is 1.80. The second kappa shape index (κ2) is 4.11. The van der Waals surface area contributed by atoms with Crippen molar-refractivity contribution >= 4 is 32.5 Å². The Morgan fingerprint density at radius 3 is 2.83 bits per heavy atom. The molecule has 3 rings (SSSR count). The van der Waals surface area contributed by atoms with Crippen molar-refractivity contribution in [1.82, 2.24) is 4.57 Å². The molecule has 4 heteroatoms. The van der Waals surface area contributed by atoms with E-state index in [0.717, 1.165) is 34.8 Å². The van der Waals surface area contributed by atoms with Crippen LogP contribution in [0.25, 0.3) is 15.7 Å². The van der Waals surface area contributed by atoms with Gasteiger partial charge in [-0.05, 0) is 25.0 Å². The normalized spacial score (nSPS) is 16.7. The summed E-state index contributed by atoms with van der Waals surface area (Å²) in [6.07, 6.45) is 4.05. The Bertz CT molecular complexity index is 650. The van der Waals surface area contributed by atoms with Crippen molar-refractivity contribution in [3.05, 3.63) is 40.3 Å². The number of aliphatic hydroxyl groups is 1. The van der Waals surface area contributed by atoms with E-state index in [1.807, 2.05) is 24.4 Å². The highest BCUT2D eigenvalue weighted by Gasteiger charge is 2.42. The Kier molecular flexibility index (Phi) is 2.69. The monoisotopic (exact) mass is 304 g/mol. The summed E-state index contributed by atoms with van der Waals surface area (Å²) in [6, 6.07) is 5.97. The minimum Gasteiger partial charge on any atom is -0.396 e. The van der Waals surface area contributed by atoms with Crippen LogP contribution in [0.4, 0.5) is 5.69 Å². The van der Waals surface area contributed by atoms with Gasteiger partial charge in [0.2, 0.25) is 5.69 Å². The molecule has 0 atom stereocenters. The number of aromatic nitrogens is 1. The summed E-state index contributed by atoms with van der Waals surface area (Å²) in [4.78, 5) is 3.58. The molecule has 0 unspecified atom stereocenters. The molecule has 1 aliphatic rings. The molecule has 18 heavy (non-hydrogen) atoms. The van der Waals surface area contributed by atoms with E-state index >= 15 is 0 Å². The Morgan fingerprint density at radius 2 is 2.22 bits per heavy atom. The summed E-state index contributed by atoms with van der Waals surface area (Å²) >= 11 is 3.47. The Labute approximate surface area is 114 Å². The number of fused-ring (bicyclic) bond motifs is 1. The van der Waals surface area contributed by atoms with Crippen LogP contribution in [0, 0.1) is 12.0 Å². The first kappa shape index (κ1) is 11.8. The van der Waals surface area contributed by atoms with Gasteiger partial charge in [-0.2, -0.15) is 0 Å². The SMILES string of the molecule is [C-]#[N+]c1cn(CC2(CO)CC2)c2cc(Br)ccc12. The highest BCUT2D eigenvalue weighted by molar-refractivity contribution is 9.10. The summed E-state index contributed by atoms with van der Waals surface area (Å²) < 4.78 is 3.12. The van der Waals surface area contributed by atoms with Crippen molar-refractivity contribution in [3.8, 4) is 0 Å². The van der Waals surface area contributed by atoms with Crippen LogP contribution < -0.4 is 0 Å². The third-order valence-electron chi connectivity index (χ3n) is 3.74. The van der Waals surface area contributed by atoms with Gasteiger partial charge >= 0.3 is 0 Å². The number of nitrogens with zero attached hydrogens (tertiary/aromatic N) is 2. The zero-order chi connectivity index (χ0) is 12.8. The zero-order valence-electron chi connectivity index (χ0n) is 9.86. The average molecular weight is 305 g/mol. The van der Waals surface area contributed by atoms with Crippen LogP contribution in [0.15, 0.2) is 28.9 Å². The number of rotatable bonds is 3. The van der Waals surface area contributed by atoms with Gasteiger partial charge in [0.25, 0.3) is 0 Å². The molecule has 0 spiro atoms. The van der Waals surface area contributed by atoms with Gasteiger partial charge in [-0.15, -0.1) is 0 Å². The molecular formula is C14H13BrN2O. The van der Waals surface area contributed by atoms with Crippen molar-refractivity contribution in [1.29, 1.82) is 0 Å². The minimum atomic E-state index is 0.0492. The number of hydrogen-bond acceptors (Lipinski definition) is 1. The Hall–Kier alpha value is -1.31. The fourth-order valence-electron chi connectivity index (χ4n) is 2.37. The summed E-state index contributed by atoms with van der Waals surface area (Å²) in [5.74, 6) is 0. The number of aliphatic hydroxyl groups excluding tert-OH is 1. The predicted octanol–water partition coefficient (Wildman–Crippen LogP) is 3.73. The minimum absolute atomic E-state index is 0.0492. The van der Waals surface area contributed by atoms with Crippen LogP contribution in [0.5, 0.6) is 0 Å². The number of benzene rings is 1. The maximum absolute atomic E-state index is 9.43. The second-order valence-corrected chi connectivity index (χ2v) is 5.99. The van der Waals surface area contributed by atoms with E-state index in [2.05, 4.69) is 25.3 Å². The van der Waals surface area contributed by atoms with Gasteiger partial charge in [-0.1, -0.05) is 22.0 Å². The van der Waals surface area contributed by atoms with Crippen LogP contribution in [-0.2, 0) is 6.54 Å². The molecule has 0 bridgehead atoms. The van der Waals surface area contributed by atoms with Gasteiger partial charge in [0.1, 0.15) is 0 Å². The fourth-order valence-corrected chi connectivity index (χ4v) is 2.72. The second-order valence-electron chi connectivity index (χ2n) is 5.07. The average Bonchev–Trinajstić information content (AvgIpc) is 3.07. The Balaban J connectivity index is 2.11. The molecule has 0 saturated heterocycles. The molecule has 92 valence electrons. The Morgan fingerprint density at radius 1 is 1.44 bits per heavy atom. The molecule has 3 nitrogen and oxygen atoms in total. The fraction of sp³-hybridized carbons (Fsp3) is 0.357. The first-order valence-corrected chi connectivity index (χ1v) is 6.73. The molecule has 1 saturated carbocycles. The zero-order valence-corrected chi connectivity index (χ0v) is 11.4. The van der Waals surface area contributed by atoms with Gasteiger partial charge in [0, 0.05) is 33.5 Å². The third-order valence-corrected chi connectivity index (χ3v) is 4.24. The lowest BCUT2D eigenvalue weighted by Crippen LogP contribution is -2.14. The van der Waals surface area contributed by atoms with E-state index in [9.17, 15) is 5.11 Å². The lowest BCUT2D eigenvalue weighted by Gasteiger charge is -2.14. The van der Waals surface area contributed by atoms with E-state index in [0.29, 0.717) is 5.69 Å². The largest absolute Gasteiger partial charge is 0.396 e. The topological polar surface area (TPSA) is 29.5 Å². The summed E-state index contributed by atoms with van der Waals surface area (Å²) in [7, 11) is 0. The van der Waals surface area contributed by atoms with Gasteiger partial charge in [-0.3, -0.25) is 0 Å². The van der Waals surface area contributed by atoms with E-state index in [4.69, 9.17) is 6.57 Å². The third kappa shape index (κ3) is 1.84. The maximum Gasteiger partial charge on any atom is 0.212 e. The highest BCUT2D eigenvalue weighted by Crippen LogP contribution is 2.47. The van der Waals surface area contributed by atoms with Crippen LogP contribution in [0.1, 0.15) is 12.8 Å². The molecule has 1 heterocycles. The van der Waals surface area contributed by atoms with Crippen molar-refractivity contribution in [2.45, 2.75) is 19.4 Å². The van der Waals surface area contributed by atoms with Crippen LogP contribution in [0.2, 0.25) is 0 Å². The van der Waals surface area contributed by atoms with Gasteiger partial charge in [0.15, 0.2) is 0 Å². The standard InChI is InChI=1S/C14H13BrN2O/c1-16-12-7-17(8-14(9-18)4-5-14)13-6-10(15)2-3-11(12)13/h2-3,6-7,18H,4-5,8-9H2. The van der Waals surface area contributed by atoms with E-state index in [-0.39, 0.29) is 12.0 Å². The van der Waals surface area contributed by atoms with E-state index in [1.165, 1.54) is 0 Å². The van der Waals surface area contributed by atoms with E-state index < -0.39 is 0 Å². The highest BCUT2D eigenvalue weighted by atomic mass is 79.9. The molecule has 0 radical (unpaired) electrons. The number of hydrogen-bond donors (Lipinski definition) is 1. The quantitative estimate of drug-likeness (QED) is 0.860. The van der Waals surface area contributed by atoms with Gasteiger partial charge in [-0.25, -0.2) is 4.85 Å². The van der Waals surface area contributed by atoms with Crippen LogP contribution in [0.3, 0.4) is 0 Å². The first-order valence-electron chi connectivity index (χ1n) is 5.94. The molecular weight excluding hydrogens is 292 g/mol. The lowest BCUT2D eigenvalue weighted by molar-refractivity contribution is 0.196. The first-order chi connectivity index (χ1) is 8.67. The summed E-state index contributed by atoms with van der Waals surface area (Å²) in [6.45, 7) is 8.26. The van der Waals surface area contributed by atoms with Crippen molar-refractivity contribution in [2.24, 2.45) is 5.41 Å². The molecule has 2 aromatic rings. The van der Waals surface area contributed by atoms with Gasteiger partial charge in [0.05, 0.1) is 13.2 Å². The van der Waals surface area contributed by atoms with Gasteiger partial charge < -0.3 is 9.67 Å². The molecule has 1 aromatic carbocycles. The molecule has 0 amide bonds. The number of halogens is 1. The maximum atomic E-state index is 9.43. The van der Waals surface area contributed by atoms with Crippen molar-refractivity contribution in [3.63, 3.8) is 0 Å². The molecule has 0 aliphatic heterocycles. The van der Waals surface area contributed by atoms with Crippen molar-refractivity contribution in [2.75, 3.05) is 6.61 Å². The van der Waals surface area contributed by atoms with Crippen LogP contribution >= 0.6 is 15.9 Å².